The zero-order valence-electron chi connectivity index (χ0n) is 20.6. The van der Waals surface area contributed by atoms with Gasteiger partial charge in [0.05, 0.1) is 17.5 Å². The van der Waals surface area contributed by atoms with Crippen LogP contribution in [-0.2, 0) is 9.84 Å². The summed E-state index contributed by atoms with van der Waals surface area (Å²) in [5.74, 6) is -0.490. The van der Waals surface area contributed by atoms with Crippen LogP contribution in [0.1, 0.15) is 55.9 Å². The standard InChI is InChI=1S/C25H36N4O5S/c1-16(2)29-23-7-5-4-6-17(23)10-22(25(29)32)24(31)27-18-11-19-8-9-20(12-18)28(19)14-21(30)13-26-15-35(3,33)34/h4-7,10,16,18-21,26,30H,8-9,11-15H2,1-3H3,(H,27,31). The lowest BCUT2D eigenvalue weighted by Crippen LogP contribution is -2.53. The van der Waals surface area contributed by atoms with Crippen LogP contribution in [0.5, 0.6) is 0 Å². The van der Waals surface area contributed by atoms with Crippen molar-refractivity contribution in [2.75, 3.05) is 25.2 Å². The molecular formula is C25H36N4O5S. The number of aliphatic hydroxyl groups is 1. The van der Waals surface area contributed by atoms with E-state index in [4.69, 9.17) is 0 Å². The molecule has 0 spiro atoms. The number of nitrogens with zero attached hydrogens (tertiary/aromatic N) is 2. The van der Waals surface area contributed by atoms with Crippen LogP contribution < -0.4 is 16.2 Å². The van der Waals surface area contributed by atoms with Gasteiger partial charge in [0.2, 0.25) is 0 Å². The van der Waals surface area contributed by atoms with E-state index in [0.717, 1.165) is 42.8 Å². The average Bonchev–Trinajstić information content (AvgIpc) is 2.99. The molecule has 10 heteroatoms. The summed E-state index contributed by atoms with van der Waals surface area (Å²) in [6.45, 7) is 4.56. The van der Waals surface area contributed by atoms with E-state index in [-0.39, 0.29) is 53.6 Å². The Kier molecular flexibility index (Phi) is 7.65. The number of amides is 1. The second kappa shape index (κ2) is 10.4. The van der Waals surface area contributed by atoms with Crippen molar-refractivity contribution in [3.05, 3.63) is 46.2 Å². The number of piperidine rings is 1. The maximum atomic E-state index is 13.2. The highest BCUT2D eigenvalue weighted by molar-refractivity contribution is 7.90. The molecule has 192 valence electrons. The number of rotatable bonds is 9. The number of pyridine rings is 1. The first-order valence-corrected chi connectivity index (χ1v) is 14.4. The molecule has 9 nitrogen and oxygen atoms in total. The fourth-order valence-electron chi connectivity index (χ4n) is 5.63. The highest BCUT2D eigenvalue weighted by Crippen LogP contribution is 2.35. The van der Waals surface area contributed by atoms with Crippen molar-refractivity contribution in [3.8, 4) is 0 Å². The van der Waals surface area contributed by atoms with Crippen LogP contribution in [0, 0.1) is 0 Å². The van der Waals surface area contributed by atoms with Crippen molar-refractivity contribution < 1.29 is 18.3 Å². The normalized spacial score (nSPS) is 23.6. The Balaban J connectivity index is 1.41. The zero-order chi connectivity index (χ0) is 25.3. The van der Waals surface area contributed by atoms with Gasteiger partial charge in [0.1, 0.15) is 5.56 Å². The first-order chi connectivity index (χ1) is 16.5. The number of hydrogen-bond acceptors (Lipinski definition) is 7. The quantitative estimate of drug-likeness (QED) is 0.470. The Bertz CT molecular complexity index is 1230. The number of aliphatic hydroxyl groups excluding tert-OH is 1. The van der Waals surface area contributed by atoms with Gasteiger partial charge in [-0.3, -0.25) is 14.5 Å². The summed E-state index contributed by atoms with van der Waals surface area (Å²) in [5, 5.41) is 17.2. The fourth-order valence-corrected chi connectivity index (χ4v) is 6.12. The summed E-state index contributed by atoms with van der Waals surface area (Å²) in [4.78, 5) is 28.7. The third-order valence-corrected chi connectivity index (χ3v) is 7.82. The molecule has 35 heavy (non-hydrogen) atoms. The molecule has 0 radical (unpaired) electrons. The average molecular weight is 505 g/mol. The van der Waals surface area contributed by atoms with E-state index in [2.05, 4.69) is 15.5 Å². The van der Waals surface area contributed by atoms with Gasteiger partial charge in [-0.15, -0.1) is 0 Å². The van der Waals surface area contributed by atoms with Crippen molar-refractivity contribution in [1.29, 1.82) is 0 Å². The number of hydrogen-bond donors (Lipinski definition) is 3. The van der Waals surface area contributed by atoms with Crippen molar-refractivity contribution >= 4 is 26.6 Å². The van der Waals surface area contributed by atoms with Crippen LogP contribution in [0.25, 0.3) is 10.9 Å². The first kappa shape index (κ1) is 25.8. The molecule has 2 fully saturated rings. The maximum absolute atomic E-state index is 13.2. The van der Waals surface area contributed by atoms with Gasteiger partial charge in [0, 0.05) is 43.5 Å². The van der Waals surface area contributed by atoms with Crippen LogP contribution in [-0.4, -0.2) is 78.4 Å². The Morgan fingerprint density at radius 3 is 2.46 bits per heavy atom. The predicted molar refractivity (Wildman–Crippen MR) is 136 cm³/mol. The third kappa shape index (κ3) is 5.94. The summed E-state index contributed by atoms with van der Waals surface area (Å²) in [5.41, 5.74) is 0.709. The van der Waals surface area contributed by atoms with Gasteiger partial charge in [0.25, 0.3) is 11.5 Å². The van der Waals surface area contributed by atoms with E-state index in [1.165, 1.54) is 0 Å². The molecule has 2 bridgehead atoms. The van der Waals surface area contributed by atoms with Crippen LogP contribution in [0.3, 0.4) is 0 Å². The number of aromatic nitrogens is 1. The van der Waals surface area contributed by atoms with Crippen molar-refractivity contribution in [2.45, 2.75) is 69.8 Å². The summed E-state index contributed by atoms with van der Waals surface area (Å²) in [6, 6.07) is 9.68. The molecule has 2 aliphatic heterocycles. The Hall–Kier alpha value is -2.27. The third-order valence-electron chi connectivity index (χ3n) is 7.09. The van der Waals surface area contributed by atoms with Crippen LogP contribution in [0.4, 0.5) is 0 Å². The van der Waals surface area contributed by atoms with E-state index < -0.39 is 15.9 Å². The van der Waals surface area contributed by atoms with E-state index in [0.29, 0.717) is 6.54 Å². The molecule has 1 aromatic heterocycles. The van der Waals surface area contributed by atoms with Crippen molar-refractivity contribution in [3.63, 3.8) is 0 Å². The van der Waals surface area contributed by atoms with E-state index in [9.17, 15) is 23.1 Å². The van der Waals surface area contributed by atoms with Gasteiger partial charge in [-0.25, -0.2) is 8.42 Å². The van der Waals surface area contributed by atoms with E-state index in [1.54, 1.807) is 10.6 Å². The minimum atomic E-state index is -3.13. The fraction of sp³-hybridized carbons (Fsp3) is 0.600. The lowest BCUT2D eigenvalue weighted by Gasteiger charge is -2.40. The number of sulfone groups is 1. The summed E-state index contributed by atoms with van der Waals surface area (Å²) >= 11 is 0. The second-order valence-corrected chi connectivity index (χ2v) is 12.4. The van der Waals surface area contributed by atoms with E-state index in [1.807, 2.05) is 38.1 Å². The molecule has 1 amide bonds. The molecule has 2 aliphatic rings. The van der Waals surface area contributed by atoms with Crippen molar-refractivity contribution in [1.82, 2.24) is 20.1 Å². The van der Waals surface area contributed by atoms with Crippen LogP contribution in [0.2, 0.25) is 0 Å². The molecule has 0 aliphatic carbocycles. The lowest BCUT2D eigenvalue weighted by atomic mass is 9.96. The molecule has 0 saturated carbocycles. The molecule has 3 unspecified atom stereocenters. The zero-order valence-corrected chi connectivity index (χ0v) is 21.4. The highest BCUT2D eigenvalue weighted by atomic mass is 32.2. The maximum Gasteiger partial charge on any atom is 0.264 e. The number of fused-ring (bicyclic) bond motifs is 3. The largest absolute Gasteiger partial charge is 0.390 e. The Morgan fingerprint density at radius 2 is 1.83 bits per heavy atom. The summed E-state index contributed by atoms with van der Waals surface area (Å²) in [7, 11) is -3.13. The van der Waals surface area contributed by atoms with Gasteiger partial charge >= 0.3 is 0 Å². The Morgan fingerprint density at radius 1 is 1.17 bits per heavy atom. The number of carbonyl (C=O) groups excluding carboxylic acids is 1. The summed E-state index contributed by atoms with van der Waals surface area (Å²) < 4.78 is 24.2. The number of carbonyl (C=O) groups is 1. The SMILES string of the molecule is CC(C)n1c(=O)c(C(=O)NC2CC3CCC(C2)N3CC(O)CNCS(C)(=O)=O)cc2ccccc21. The topological polar surface area (TPSA) is 121 Å². The molecule has 3 heterocycles. The molecule has 2 saturated heterocycles. The molecule has 1 aromatic carbocycles. The van der Waals surface area contributed by atoms with E-state index >= 15 is 0 Å². The minimum absolute atomic E-state index is 0.0323. The van der Waals surface area contributed by atoms with Crippen LogP contribution in [0.15, 0.2) is 35.1 Å². The monoisotopic (exact) mass is 504 g/mol. The van der Waals surface area contributed by atoms with Gasteiger partial charge < -0.3 is 20.3 Å². The number of nitrogens with one attached hydrogen (secondary N) is 2. The van der Waals surface area contributed by atoms with Crippen molar-refractivity contribution in [2.24, 2.45) is 0 Å². The van der Waals surface area contributed by atoms with Gasteiger partial charge in [-0.05, 0) is 57.0 Å². The smallest absolute Gasteiger partial charge is 0.264 e. The van der Waals surface area contributed by atoms with Gasteiger partial charge in [-0.2, -0.15) is 0 Å². The van der Waals surface area contributed by atoms with Crippen LogP contribution >= 0.6 is 0 Å². The Labute approximate surface area is 206 Å². The van der Waals surface area contributed by atoms with Gasteiger partial charge in [-0.1, -0.05) is 18.2 Å². The molecular weight excluding hydrogens is 468 g/mol. The predicted octanol–water partition coefficient (Wildman–Crippen LogP) is 1.26. The molecule has 3 N–H and O–H groups in total. The minimum Gasteiger partial charge on any atom is -0.390 e. The highest BCUT2D eigenvalue weighted by Gasteiger charge is 2.41. The molecule has 2 aromatic rings. The molecule has 4 rings (SSSR count). The molecule has 3 atom stereocenters. The summed E-state index contributed by atoms with van der Waals surface area (Å²) in [6.07, 6.45) is 4.00. The lowest BCUT2D eigenvalue weighted by molar-refractivity contribution is 0.0509. The van der Waals surface area contributed by atoms with Gasteiger partial charge in [0.15, 0.2) is 9.84 Å². The second-order valence-electron chi connectivity index (χ2n) is 10.3. The number of benzene rings is 1. The number of para-hydroxylation sites is 1. The first-order valence-electron chi connectivity index (χ1n) is 12.3.